The minimum atomic E-state index is -0.352. The van der Waals surface area contributed by atoms with Gasteiger partial charge in [-0.3, -0.25) is 4.90 Å². The van der Waals surface area contributed by atoms with E-state index in [9.17, 15) is 0 Å². The SMILES string of the molecule is CC1(C)c2ccccc2-c2c(N(c3nc(-c4ccc5c(c4)c4ccccc4n5-c4ccccc4)nc(-c4cccc5c6ccccc6n(-c6ccccc6)c45)n3)c3cccc4c3C(C)(C)c3ccccc3-4)cccc21. The van der Waals surface area contributed by atoms with Gasteiger partial charge in [-0.1, -0.05) is 185 Å². The predicted molar refractivity (Wildman–Crippen MR) is 309 cm³/mol. The van der Waals surface area contributed by atoms with Crippen molar-refractivity contribution in [1.82, 2.24) is 24.1 Å². The van der Waals surface area contributed by atoms with Gasteiger partial charge in [0.05, 0.1) is 33.4 Å². The van der Waals surface area contributed by atoms with E-state index in [0.717, 1.165) is 77.5 Å². The molecule has 0 N–H and O–H groups in total. The van der Waals surface area contributed by atoms with Crippen molar-refractivity contribution in [3.63, 3.8) is 0 Å². The van der Waals surface area contributed by atoms with Gasteiger partial charge < -0.3 is 9.13 Å². The van der Waals surface area contributed by atoms with E-state index in [1.165, 1.54) is 44.5 Å². The van der Waals surface area contributed by atoms with Crippen molar-refractivity contribution in [3.05, 3.63) is 253 Å². The first kappa shape index (κ1) is 43.2. The van der Waals surface area contributed by atoms with Gasteiger partial charge in [-0.05, 0) is 112 Å². The van der Waals surface area contributed by atoms with Gasteiger partial charge in [0.25, 0.3) is 0 Å². The van der Waals surface area contributed by atoms with E-state index in [-0.39, 0.29) is 10.8 Å². The van der Waals surface area contributed by atoms with Crippen LogP contribution in [0.25, 0.3) is 100 Å². The molecule has 6 nitrogen and oxygen atoms in total. The fraction of sp³-hybridized carbons (Fsp3) is 0.0870. The molecule has 0 bridgehead atoms. The van der Waals surface area contributed by atoms with Gasteiger partial charge in [0.2, 0.25) is 5.95 Å². The Morgan fingerprint density at radius 2 is 0.880 bits per heavy atom. The van der Waals surface area contributed by atoms with E-state index < -0.39 is 0 Å². The topological polar surface area (TPSA) is 51.8 Å². The average molecular weight is 963 g/mol. The van der Waals surface area contributed by atoms with Crippen molar-refractivity contribution in [2.75, 3.05) is 4.90 Å². The number of anilines is 3. The van der Waals surface area contributed by atoms with E-state index in [2.05, 4.69) is 272 Å². The minimum Gasteiger partial charge on any atom is -0.309 e. The summed E-state index contributed by atoms with van der Waals surface area (Å²) in [6, 6.07) is 83.3. The number of nitrogens with zero attached hydrogens (tertiary/aromatic N) is 6. The van der Waals surface area contributed by atoms with Crippen molar-refractivity contribution in [1.29, 1.82) is 0 Å². The maximum Gasteiger partial charge on any atom is 0.238 e. The quantitative estimate of drug-likeness (QED) is 0.160. The summed E-state index contributed by atoms with van der Waals surface area (Å²) in [6.07, 6.45) is 0. The number of benzene rings is 10. The van der Waals surface area contributed by atoms with E-state index >= 15 is 0 Å². The normalized spacial score (nSPS) is 13.8. The summed E-state index contributed by atoms with van der Waals surface area (Å²) in [7, 11) is 0. The van der Waals surface area contributed by atoms with Crippen molar-refractivity contribution in [2.24, 2.45) is 0 Å². The number of hydrogen-bond acceptors (Lipinski definition) is 4. The van der Waals surface area contributed by atoms with Crippen molar-refractivity contribution in [2.45, 2.75) is 38.5 Å². The van der Waals surface area contributed by atoms with Gasteiger partial charge >= 0.3 is 0 Å². The number of rotatable bonds is 7. The Kier molecular flexibility index (Phi) is 9.25. The third-order valence-electron chi connectivity index (χ3n) is 16.3. The monoisotopic (exact) mass is 962 g/mol. The van der Waals surface area contributed by atoms with Crippen molar-refractivity contribution >= 4 is 60.9 Å². The number of fused-ring (bicyclic) bond motifs is 12. The lowest BCUT2D eigenvalue weighted by Crippen LogP contribution is -2.23. The molecule has 0 spiro atoms. The number of aromatic nitrogens is 5. The van der Waals surface area contributed by atoms with Gasteiger partial charge in [-0.25, -0.2) is 4.98 Å². The summed E-state index contributed by atoms with van der Waals surface area (Å²) >= 11 is 0. The molecule has 0 fully saturated rings. The highest BCUT2D eigenvalue weighted by atomic mass is 15.3. The van der Waals surface area contributed by atoms with Crippen LogP contribution in [0.3, 0.4) is 0 Å². The molecule has 0 aliphatic heterocycles. The summed E-state index contributed by atoms with van der Waals surface area (Å²) in [5.41, 5.74) is 19.8. The first-order chi connectivity index (χ1) is 36.8. The molecule has 15 rings (SSSR count). The highest BCUT2D eigenvalue weighted by Gasteiger charge is 2.42. The molecular formula is C69H50N6. The summed E-state index contributed by atoms with van der Waals surface area (Å²) in [6.45, 7) is 9.42. The van der Waals surface area contributed by atoms with Crippen molar-refractivity contribution < 1.29 is 0 Å². The Balaban J connectivity index is 1.07. The van der Waals surface area contributed by atoms with Crippen LogP contribution in [-0.2, 0) is 10.8 Å². The largest absolute Gasteiger partial charge is 0.309 e. The molecular weight excluding hydrogens is 913 g/mol. The fourth-order valence-electron chi connectivity index (χ4n) is 13.0. The van der Waals surface area contributed by atoms with Crippen LogP contribution >= 0.6 is 0 Å². The summed E-state index contributed by atoms with van der Waals surface area (Å²) in [4.78, 5) is 19.6. The van der Waals surface area contributed by atoms with Gasteiger partial charge in [0.15, 0.2) is 11.6 Å². The first-order valence-electron chi connectivity index (χ1n) is 26.0. The minimum absolute atomic E-state index is 0.244. The maximum atomic E-state index is 5.82. The molecule has 75 heavy (non-hydrogen) atoms. The second kappa shape index (κ2) is 16.1. The lowest BCUT2D eigenvalue weighted by molar-refractivity contribution is 0.659. The Bertz CT molecular complexity index is 4480. The van der Waals surface area contributed by atoms with Gasteiger partial charge in [-0.15, -0.1) is 0 Å². The Morgan fingerprint density at radius 1 is 0.360 bits per heavy atom. The van der Waals surface area contributed by atoms with Gasteiger partial charge in [-0.2, -0.15) is 9.97 Å². The Labute approximate surface area is 435 Å². The molecule has 13 aromatic rings. The zero-order chi connectivity index (χ0) is 50.2. The zero-order valence-electron chi connectivity index (χ0n) is 42.1. The maximum absolute atomic E-state index is 5.82. The van der Waals surface area contributed by atoms with Crippen LogP contribution in [-0.4, -0.2) is 24.1 Å². The van der Waals surface area contributed by atoms with Gasteiger partial charge in [0, 0.05) is 60.4 Å². The molecule has 3 aromatic heterocycles. The number of hydrogen-bond donors (Lipinski definition) is 0. The van der Waals surface area contributed by atoms with E-state index in [1.807, 2.05) is 0 Å². The predicted octanol–water partition coefficient (Wildman–Crippen LogP) is 17.5. The molecule has 6 heteroatoms. The highest BCUT2D eigenvalue weighted by Crippen LogP contribution is 2.58. The van der Waals surface area contributed by atoms with Crippen LogP contribution in [0.4, 0.5) is 17.3 Å². The molecule has 0 unspecified atom stereocenters. The van der Waals surface area contributed by atoms with Crippen LogP contribution in [0.2, 0.25) is 0 Å². The summed E-state index contributed by atoms with van der Waals surface area (Å²) < 4.78 is 4.73. The molecule has 0 radical (unpaired) electrons. The standard InChI is InChI=1S/C69H50N6/c1-68(2)55-34-16-12-29-51(55)62-56(68)35-21-38-60(62)75(61-39-20-30-49-46-26-11-15-33-54(46)69(3,4)63(49)61)67-71-65(43-40-41-59-53(42-43)48-28-14-17-36-57(48)73(59)44-22-7-5-8-23-44)70-66(72-67)52-32-19-31-50-47-27-13-18-37-58(47)74(64(50)52)45-24-9-6-10-25-45/h5-42H,1-4H3. The molecule has 2 aliphatic carbocycles. The highest BCUT2D eigenvalue weighted by molar-refractivity contribution is 6.14. The smallest absolute Gasteiger partial charge is 0.238 e. The second-order valence-corrected chi connectivity index (χ2v) is 21.2. The third-order valence-corrected chi connectivity index (χ3v) is 16.3. The Morgan fingerprint density at radius 3 is 1.64 bits per heavy atom. The molecule has 356 valence electrons. The van der Waals surface area contributed by atoms with Crippen LogP contribution in [0.15, 0.2) is 231 Å². The van der Waals surface area contributed by atoms with E-state index in [4.69, 9.17) is 15.0 Å². The van der Waals surface area contributed by atoms with Crippen LogP contribution in [0.1, 0.15) is 49.9 Å². The molecule has 0 amide bonds. The molecule has 0 saturated carbocycles. The molecule has 0 atom stereocenters. The first-order valence-corrected chi connectivity index (χ1v) is 26.0. The second-order valence-electron chi connectivity index (χ2n) is 21.2. The van der Waals surface area contributed by atoms with Crippen LogP contribution in [0.5, 0.6) is 0 Å². The van der Waals surface area contributed by atoms with Crippen molar-refractivity contribution in [3.8, 4) is 56.4 Å². The van der Waals surface area contributed by atoms with E-state index in [0.29, 0.717) is 17.6 Å². The van der Waals surface area contributed by atoms with E-state index in [1.54, 1.807) is 0 Å². The average Bonchev–Trinajstić information content (AvgIpc) is 4.17. The zero-order valence-corrected chi connectivity index (χ0v) is 42.1. The fourth-order valence-corrected chi connectivity index (χ4v) is 13.0. The molecule has 0 saturated heterocycles. The van der Waals surface area contributed by atoms with Crippen LogP contribution < -0.4 is 4.90 Å². The third kappa shape index (κ3) is 6.23. The van der Waals surface area contributed by atoms with Gasteiger partial charge in [0.1, 0.15) is 0 Å². The summed E-state index contributed by atoms with van der Waals surface area (Å²) in [5.74, 6) is 1.71. The summed E-state index contributed by atoms with van der Waals surface area (Å²) in [5, 5.41) is 4.58. The molecule has 3 heterocycles. The lowest BCUT2D eigenvalue weighted by Gasteiger charge is -2.32. The lowest BCUT2D eigenvalue weighted by atomic mass is 9.81. The molecule has 10 aromatic carbocycles. The molecule has 2 aliphatic rings. The number of para-hydroxylation sites is 5. The Hall–Kier alpha value is -9.39. The van der Waals surface area contributed by atoms with Crippen LogP contribution in [0, 0.1) is 0 Å².